The fourth-order valence-electron chi connectivity index (χ4n) is 5.31. The van der Waals surface area contributed by atoms with Gasteiger partial charge < -0.3 is 4.90 Å². The molecule has 1 amide bonds. The minimum Gasteiger partial charge on any atom is -0.342 e. The number of pyridine rings is 2. The topological polar surface area (TPSA) is 63.4 Å². The number of aromatic nitrogens is 4. The molecule has 0 radical (unpaired) electrons. The van der Waals surface area contributed by atoms with Crippen molar-refractivity contribution in [1.82, 2.24) is 24.5 Å². The van der Waals surface area contributed by atoms with E-state index in [9.17, 15) is 4.79 Å². The number of hydrogen-bond acceptors (Lipinski definition) is 4. The minimum atomic E-state index is 0.159. The van der Waals surface area contributed by atoms with E-state index in [1.807, 2.05) is 72.6 Å². The highest BCUT2D eigenvalue weighted by Gasteiger charge is 2.28. The summed E-state index contributed by atoms with van der Waals surface area (Å²) in [6.45, 7) is 3.47. The molecule has 1 saturated heterocycles. The number of carbonyl (C=O) groups is 1. The first-order valence-corrected chi connectivity index (χ1v) is 12.2. The van der Waals surface area contributed by atoms with Gasteiger partial charge in [0.1, 0.15) is 5.82 Å². The monoisotopic (exact) mass is 461 g/mol. The van der Waals surface area contributed by atoms with Crippen LogP contribution >= 0.6 is 0 Å². The Morgan fingerprint density at radius 1 is 0.914 bits per heavy atom. The SMILES string of the molecule is Cc1nc2ccccc2c(-c2ccccc2)c1CC(=O)N1CCC(c2nnc3ccccn23)CC1. The number of nitrogens with zero attached hydrogens (tertiary/aromatic N) is 5. The van der Waals surface area contributed by atoms with Crippen molar-refractivity contribution in [3.63, 3.8) is 0 Å². The van der Waals surface area contributed by atoms with Crippen LogP contribution in [0, 0.1) is 6.92 Å². The van der Waals surface area contributed by atoms with Gasteiger partial charge in [0.15, 0.2) is 5.65 Å². The van der Waals surface area contributed by atoms with Gasteiger partial charge in [-0.25, -0.2) is 0 Å². The number of piperidine rings is 1. The van der Waals surface area contributed by atoms with Gasteiger partial charge in [0.05, 0.1) is 11.9 Å². The van der Waals surface area contributed by atoms with Crippen LogP contribution in [0.25, 0.3) is 27.7 Å². The Morgan fingerprint density at radius 3 is 2.49 bits per heavy atom. The summed E-state index contributed by atoms with van der Waals surface area (Å²) in [5.41, 5.74) is 6.00. The highest BCUT2D eigenvalue weighted by atomic mass is 16.2. The molecule has 174 valence electrons. The number of likely N-dealkylation sites (tertiary alicyclic amines) is 1. The van der Waals surface area contributed by atoms with Gasteiger partial charge in [-0.3, -0.25) is 14.2 Å². The molecule has 4 heterocycles. The van der Waals surface area contributed by atoms with E-state index in [1.165, 1.54) is 0 Å². The van der Waals surface area contributed by atoms with E-state index in [0.29, 0.717) is 12.3 Å². The summed E-state index contributed by atoms with van der Waals surface area (Å²) in [5, 5.41) is 9.83. The Morgan fingerprint density at radius 2 is 1.66 bits per heavy atom. The Labute approximate surface area is 204 Å². The summed E-state index contributed by atoms with van der Waals surface area (Å²) < 4.78 is 2.07. The number of aryl methyl sites for hydroxylation is 1. The quantitative estimate of drug-likeness (QED) is 0.369. The smallest absolute Gasteiger partial charge is 0.227 e. The molecule has 0 aliphatic carbocycles. The Bertz CT molecular complexity index is 1520. The number of para-hydroxylation sites is 1. The lowest BCUT2D eigenvalue weighted by molar-refractivity contribution is -0.131. The van der Waals surface area contributed by atoms with Crippen LogP contribution in [-0.2, 0) is 11.2 Å². The molecule has 0 saturated carbocycles. The summed E-state index contributed by atoms with van der Waals surface area (Å²) in [6.07, 6.45) is 4.15. The van der Waals surface area contributed by atoms with Crippen molar-refractivity contribution in [1.29, 1.82) is 0 Å². The van der Waals surface area contributed by atoms with Gasteiger partial charge in [-0.1, -0.05) is 54.6 Å². The average Bonchev–Trinajstić information content (AvgIpc) is 3.34. The molecule has 2 aromatic carbocycles. The van der Waals surface area contributed by atoms with Crippen LogP contribution in [0.2, 0.25) is 0 Å². The third-order valence-corrected chi connectivity index (χ3v) is 7.14. The van der Waals surface area contributed by atoms with Crippen LogP contribution in [-0.4, -0.2) is 43.5 Å². The second-order valence-electron chi connectivity index (χ2n) is 9.25. The third-order valence-electron chi connectivity index (χ3n) is 7.14. The van der Waals surface area contributed by atoms with Gasteiger partial charge in [-0.2, -0.15) is 0 Å². The van der Waals surface area contributed by atoms with E-state index in [-0.39, 0.29) is 5.91 Å². The lowest BCUT2D eigenvalue weighted by Crippen LogP contribution is -2.39. The Hall–Kier alpha value is -4.06. The first-order valence-electron chi connectivity index (χ1n) is 12.2. The molecule has 35 heavy (non-hydrogen) atoms. The Balaban J connectivity index is 1.26. The van der Waals surface area contributed by atoms with Gasteiger partial charge in [-0.15, -0.1) is 10.2 Å². The maximum atomic E-state index is 13.5. The zero-order valence-electron chi connectivity index (χ0n) is 19.8. The van der Waals surface area contributed by atoms with Crippen molar-refractivity contribution in [3.8, 4) is 11.1 Å². The molecule has 0 N–H and O–H groups in total. The first-order chi connectivity index (χ1) is 17.2. The summed E-state index contributed by atoms with van der Waals surface area (Å²) in [5.74, 6) is 1.46. The molecule has 5 aromatic rings. The lowest BCUT2D eigenvalue weighted by Gasteiger charge is -2.31. The van der Waals surface area contributed by atoms with E-state index in [2.05, 4.69) is 32.8 Å². The molecule has 6 heteroatoms. The van der Waals surface area contributed by atoms with E-state index in [4.69, 9.17) is 4.98 Å². The molecule has 0 spiro atoms. The minimum absolute atomic E-state index is 0.159. The van der Waals surface area contributed by atoms with Crippen LogP contribution in [0.15, 0.2) is 79.0 Å². The summed E-state index contributed by atoms with van der Waals surface area (Å²) in [4.78, 5) is 20.4. The predicted octanol–water partition coefficient (Wildman–Crippen LogP) is 5.20. The molecule has 0 bridgehead atoms. The molecule has 0 unspecified atom stereocenters. The molecule has 6 nitrogen and oxygen atoms in total. The van der Waals surface area contributed by atoms with Crippen LogP contribution < -0.4 is 0 Å². The Kier molecular flexibility index (Phi) is 5.49. The first kappa shape index (κ1) is 21.5. The zero-order valence-corrected chi connectivity index (χ0v) is 19.8. The van der Waals surface area contributed by atoms with Crippen molar-refractivity contribution >= 4 is 22.5 Å². The number of carbonyl (C=O) groups excluding carboxylic acids is 1. The van der Waals surface area contributed by atoms with Gasteiger partial charge in [0.2, 0.25) is 5.91 Å². The van der Waals surface area contributed by atoms with Crippen LogP contribution in [0.1, 0.15) is 35.8 Å². The van der Waals surface area contributed by atoms with Crippen LogP contribution in [0.4, 0.5) is 0 Å². The largest absolute Gasteiger partial charge is 0.342 e. The third kappa shape index (κ3) is 3.95. The second kappa shape index (κ2) is 8.95. The van der Waals surface area contributed by atoms with Crippen molar-refractivity contribution in [2.24, 2.45) is 0 Å². The van der Waals surface area contributed by atoms with Crippen LogP contribution in [0.3, 0.4) is 0 Å². The second-order valence-corrected chi connectivity index (χ2v) is 9.25. The summed E-state index contributed by atoms with van der Waals surface area (Å²) in [7, 11) is 0. The standard InChI is InChI=1S/C29H27N5O/c1-20-24(28(21-9-3-2-4-10-21)23-11-5-6-12-25(23)30-20)19-27(35)33-17-14-22(15-18-33)29-32-31-26-13-7-8-16-34(26)29/h2-13,16,22H,14-15,17-19H2,1H3. The van der Waals surface area contributed by atoms with Crippen molar-refractivity contribution in [3.05, 3.63) is 96.1 Å². The number of rotatable bonds is 4. The molecular weight excluding hydrogens is 434 g/mol. The van der Waals surface area contributed by atoms with E-state index >= 15 is 0 Å². The van der Waals surface area contributed by atoms with E-state index in [1.54, 1.807) is 0 Å². The number of fused-ring (bicyclic) bond motifs is 2. The molecule has 1 aliphatic rings. The highest BCUT2D eigenvalue weighted by molar-refractivity contribution is 5.98. The fourth-order valence-corrected chi connectivity index (χ4v) is 5.31. The van der Waals surface area contributed by atoms with Crippen molar-refractivity contribution in [2.45, 2.75) is 32.1 Å². The highest BCUT2D eigenvalue weighted by Crippen LogP contribution is 2.34. The molecule has 1 aliphatic heterocycles. The summed E-state index contributed by atoms with van der Waals surface area (Å²) >= 11 is 0. The fraction of sp³-hybridized carbons (Fsp3) is 0.241. The maximum Gasteiger partial charge on any atom is 0.227 e. The van der Waals surface area contributed by atoms with Crippen molar-refractivity contribution in [2.75, 3.05) is 13.1 Å². The van der Waals surface area contributed by atoms with E-state index in [0.717, 1.165) is 70.7 Å². The molecular formula is C29H27N5O. The summed E-state index contributed by atoms with van der Waals surface area (Å²) in [6, 6.07) is 24.5. The van der Waals surface area contributed by atoms with Gasteiger partial charge in [0.25, 0.3) is 0 Å². The average molecular weight is 462 g/mol. The molecule has 0 atom stereocenters. The lowest BCUT2D eigenvalue weighted by atomic mass is 9.91. The predicted molar refractivity (Wildman–Crippen MR) is 137 cm³/mol. The molecule has 1 fully saturated rings. The van der Waals surface area contributed by atoms with Gasteiger partial charge in [0, 0.05) is 36.3 Å². The van der Waals surface area contributed by atoms with Gasteiger partial charge >= 0.3 is 0 Å². The maximum absolute atomic E-state index is 13.5. The number of amides is 1. The van der Waals surface area contributed by atoms with Gasteiger partial charge in [-0.05, 0) is 54.7 Å². The molecule has 3 aromatic heterocycles. The number of benzene rings is 2. The number of hydrogen-bond donors (Lipinski definition) is 0. The zero-order chi connectivity index (χ0) is 23.8. The van der Waals surface area contributed by atoms with E-state index < -0.39 is 0 Å². The van der Waals surface area contributed by atoms with Crippen molar-refractivity contribution < 1.29 is 4.79 Å². The molecule has 6 rings (SSSR count). The van der Waals surface area contributed by atoms with Crippen LogP contribution in [0.5, 0.6) is 0 Å². The normalized spacial score (nSPS) is 14.6.